The number of amides is 1. The molecule has 0 bridgehead atoms. The molecule has 1 amide bonds. The Bertz CT molecular complexity index is 637. The molecule has 1 atom stereocenters. The van der Waals surface area contributed by atoms with Gasteiger partial charge < -0.3 is 10.6 Å². The fourth-order valence-corrected chi connectivity index (χ4v) is 2.61. The SMILES string of the molecule is Cc1c(CC(=O)N2CC[C@@H](N)C2)nnn1-c1ccccc1. The van der Waals surface area contributed by atoms with E-state index < -0.39 is 0 Å². The van der Waals surface area contributed by atoms with Crippen LogP contribution in [0, 0.1) is 6.92 Å². The van der Waals surface area contributed by atoms with Gasteiger partial charge in [-0.25, -0.2) is 4.68 Å². The van der Waals surface area contributed by atoms with E-state index in [4.69, 9.17) is 5.73 Å². The van der Waals surface area contributed by atoms with E-state index in [2.05, 4.69) is 10.3 Å². The number of benzene rings is 1. The summed E-state index contributed by atoms with van der Waals surface area (Å²) in [4.78, 5) is 14.1. The summed E-state index contributed by atoms with van der Waals surface area (Å²) in [7, 11) is 0. The van der Waals surface area contributed by atoms with Crippen LogP contribution >= 0.6 is 0 Å². The lowest BCUT2D eigenvalue weighted by molar-refractivity contribution is -0.129. The zero-order valence-corrected chi connectivity index (χ0v) is 12.1. The summed E-state index contributed by atoms with van der Waals surface area (Å²) in [6.07, 6.45) is 1.16. The zero-order chi connectivity index (χ0) is 14.8. The third kappa shape index (κ3) is 2.80. The van der Waals surface area contributed by atoms with Crippen molar-refractivity contribution in [1.82, 2.24) is 19.9 Å². The Labute approximate surface area is 123 Å². The second-order valence-electron chi connectivity index (χ2n) is 5.43. The first-order chi connectivity index (χ1) is 10.1. The monoisotopic (exact) mass is 285 g/mol. The topological polar surface area (TPSA) is 77.0 Å². The van der Waals surface area contributed by atoms with Crippen LogP contribution in [0.15, 0.2) is 30.3 Å². The standard InChI is InChI=1S/C15H19N5O/c1-11-14(9-15(21)19-8-7-12(16)10-19)17-18-20(11)13-5-3-2-4-6-13/h2-6,12H,7-10,16H2,1H3/t12-/m1/s1. The molecule has 0 spiro atoms. The highest BCUT2D eigenvalue weighted by molar-refractivity contribution is 5.78. The molecule has 1 saturated heterocycles. The molecule has 1 aliphatic heterocycles. The third-order valence-corrected chi connectivity index (χ3v) is 3.89. The van der Waals surface area contributed by atoms with Crippen LogP contribution in [0.1, 0.15) is 17.8 Å². The molecule has 1 aliphatic rings. The molecule has 6 heteroatoms. The van der Waals surface area contributed by atoms with E-state index in [0.717, 1.165) is 30.0 Å². The van der Waals surface area contributed by atoms with E-state index in [9.17, 15) is 4.79 Å². The number of nitrogens with two attached hydrogens (primary N) is 1. The maximum Gasteiger partial charge on any atom is 0.228 e. The van der Waals surface area contributed by atoms with E-state index in [-0.39, 0.29) is 18.4 Å². The Kier molecular flexibility index (Phi) is 3.70. The summed E-state index contributed by atoms with van der Waals surface area (Å²) in [5, 5.41) is 8.31. The van der Waals surface area contributed by atoms with Crippen molar-refractivity contribution < 1.29 is 4.79 Å². The summed E-state index contributed by atoms with van der Waals surface area (Å²) in [5.74, 6) is 0.0751. The van der Waals surface area contributed by atoms with Gasteiger partial charge in [-0.05, 0) is 25.5 Å². The van der Waals surface area contributed by atoms with Crippen molar-refractivity contribution in [3.8, 4) is 5.69 Å². The molecule has 6 nitrogen and oxygen atoms in total. The van der Waals surface area contributed by atoms with Crippen LogP contribution in [-0.4, -0.2) is 44.9 Å². The van der Waals surface area contributed by atoms with Crippen LogP contribution in [-0.2, 0) is 11.2 Å². The van der Waals surface area contributed by atoms with E-state index in [1.807, 2.05) is 42.2 Å². The van der Waals surface area contributed by atoms with Crippen molar-refractivity contribution >= 4 is 5.91 Å². The Balaban J connectivity index is 1.75. The minimum Gasteiger partial charge on any atom is -0.341 e. The fraction of sp³-hybridized carbons (Fsp3) is 0.400. The van der Waals surface area contributed by atoms with Crippen LogP contribution < -0.4 is 5.73 Å². The molecule has 0 radical (unpaired) electrons. The molecule has 2 aromatic rings. The molecule has 110 valence electrons. The number of hydrogen-bond acceptors (Lipinski definition) is 4. The van der Waals surface area contributed by atoms with Gasteiger partial charge in [0.25, 0.3) is 0 Å². The quantitative estimate of drug-likeness (QED) is 0.899. The lowest BCUT2D eigenvalue weighted by Crippen LogP contribution is -2.33. The van der Waals surface area contributed by atoms with Crippen molar-refractivity contribution in [1.29, 1.82) is 0 Å². The van der Waals surface area contributed by atoms with Gasteiger partial charge in [0.1, 0.15) is 0 Å². The number of rotatable bonds is 3. The van der Waals surface area contributed by atoms with Crippen molar-refractivity contribution in [2.45, 2.75) is 25.8 Å². The minimum absolute atomic E-state index is 0.0751. The zero-order valence-electron chi connectivity index (χ0n) is 12.1. The van der Waals surface area contributed by atoms with Gasteiger partial charge in [-0.3, -0.25) is 4.79 Å². The number of carbonyl (C=O) groups is 1. The molecule has 1 aromatic heterocycles. The smallest absolute Gasteiger partial charge is 0.228 e. The predicted molar refractivity (Wildman–Crippen MR) is 79.0 cm³/mol. The van der Waals surface area contributed by atoms with Gasteiger partial charge in [-0.1, -0.05) is 23.4 Å². The van der Waals surface area contributed by atoms with Gasteiger partial charge >= 0.3 is 0 Å². The van der Waals surface area contributed by atoms with E-state index in [0.29, 0.717) is 6.54 Å². The van der Waals surface area contributed by atoms with Crippen LogP contribution in [0.4, 0.5) is 0 Å². The average molecular weight is 285 g/mol. The molecule has 2 heterocycles. The van der Waals surface area contributed by atoms with Gasteiger partial charge in [0.05, 0.1) is 23.5 Å². The second-order valence-corrected chi connectivity index (χ2v) is 5.43. The number of aromatic nitrogens is 3. The van der Waals surface area contributed by atoms with E-state index in [1.54, 1.807) is 4.68 Å². The van der Waals surface area contributed by atoms with E-state index in [1.165, 1.54) is 0 Å². The second kappa shape index (κ2) is 5.65. The predicted octanol–water partition coefficient (Wildman–Crippen LogP) is 0.678. The number of carbonyl (C=O) groups excluding carboxylic acids is 1. The van der Waals surface area contributed by atoms with Crippen molar-refractivity contribution in [2.24, 2.45) is 5.73 Å². The number of hydrogen-bond donors (Lipinski definition) is 1. The average Bonchev–Trinajstić information content (AvgIpc) is 3.07. The highest BCUT2D eigenvalue weighted by atomic mass is 16.2. The first-order valence-electron chi connectivity index (χ1n) is 7.15. The van der Waals surface area contributed by atoms with Gasteiger partial charge in [0.15, 0.2) is 0 Å². The Morgan fingerprint density at radius 2 is 2.14 bits per heavy atom. The molecule has 2 N–H and O–H groups in total. The molecule has 1 fully saturated rings. The lowest BCUT2D eigenvalue weighted by atomic mass is 10.2. The van der Waals surface area contributed by atoms with Crippen molar-refractivity contribution in [2.75, 3.05) is 13.1 Å². The maximum atomic E-state index is 12.3. The molecular weight excluding hydrogens is 266 g/mol. The highest BCUT2D eigenvalue weighted by Crippen LogP contribution is 2.14. The first kappa shape index (κ1) is 13.8. The van der Waals surface area contributed by atoms with Gasteiger partial charge in [0.2, 0.25) is 5.91 Å². The van der Waals surface area contributed by atoms with Crippen LogP contribution in [0.5, 0.6) is 0 Å². The van der Waals surface area contributed by atoms with Crippen LogP contribution in [0.3, 0.4) is 0 Å². The summed E-state index contributed by atoms with van der Waals surface area (Å²) in [6, 6.07) is 9.89. The van der Waals surface area contributed by atoms with Gasteiger partial charge in [0, 0.05) is 19.1 Å². The molecule has 1 aromatic carbocycles. The lowest BCUT2D eigenvalue weighted by Gasteiger charge is -2.14. The fourth-order valence-electron chi connectivity index (χ4n) is 2.61. The van der Waals surface area contributed by atoms with E-state index >= 15 is 0 Å². The molecule has 0 unspecified atom stereocenters. The number of likely N-dealkylation sites (tertiary alicyclic amines) is 1. The Morgan fingerprint density at radius 3 is 2.81 bits per heavy atom. The largest absolute Gasteiger partial charge is 0.341 e. The van der Waals surface area contributed by atoms with Crippen molar-refractivity contribution in [3.05, 3.63) is 41.7 Å². The normalized spacial score (nSPS) is 18.2. The highest BCUT2D eigenvalue weighted by Gasteiger charge is 2.25. The first-order valence-corrected chi connectivity index (χ1v) is 7.15. The molecule has 21 heavy (non-hydrogen) atoms. The van der Waals surface area contributed by atoms with Gasteiger partial charge in [-0.15, -0.1) is 5.10 Å². The van der Waals surface area contributed by atoms with Crippen molar-refractivity contribution in [3.63, 3.8) is 0 Å². The van der Waals surface area contributed by atoms with Crippen LogP contribution in [0.2, 0.25) is 0 Å². The summed E-state index contributed by atoms with van der Waals surface area (Å²) in [6.45, 7) is 3.32. The number of para-hydroxylation sites is 1. The Morgan fingerprint density at radius 1 is 1.38 bits per heavy atom. The minimum atomic E-state index is 0.0751. The molecule has 3 rings (SSSR count). The summed E-state index contributed by atoms with van der Waals surface area (Å²) >= 11 is 0. The molecule has 0 saturated carbocycles. The maximum absolute atomic E-state index is 12.3. The summed E-state index contributed by atoms with van der Waals surface area (Å²) < 4.78 is 1.76. The van der Waals surface area contributed by atoms with Crippen LogP contribution in [0.25, 0.3) is 5.69 Å². The molecule has 0 aliphatic carbocycles. The number of nitrogens with zero attached hydrogens (tertiary/aromatic N) is 4. The summed E-state index contributed by atoms with van der Waals surface area (Å²) in [5.41, 5.74) is 8.42. The molecular formula is C15H19N5O. The Hall–Kier alpha value is -2.21. The third-order valence-electron chi connectivity index (χ3n) is 3.89. The van der Waals surface area contributed by atoms with Gasteiger partial charge in [-0.2, -0.15) is 0 Å².